The molecule has 38 heavy (non-hydrogen) atoms. The number of nitrogens with two attached hydrogens (primary N) is 1. The first kappa shape index (κ1) is 25.7. The smallest absolute Gasteiger partial charge is 0.322 e. The normalized spacial score (nSPS) is 15.6. The van der Waals surface area contributed by atoms with Crippen LogP contribution < -0.4 is 16.0 Å². The molecule has 0 unspecified atom stereocenters. The van der Waals surface area contributed by atoms with Gasteiger partial charge in [-0.3, -0.25) is 14.5 Å². The summed E-state index contributed by atoms with van der Waals surface area (Å²) in [6, 6.07) is 9.47. The van der Waals surface area contributed by atoms with E-state index in [1.54, 1.807) is 22.8 Å². The Morgan fingerprint density at radius 3 is 2.66 bits per heavy atom. The molecule has 5 rings (SSSR count). The third-order valence-electron chi connectivity index (χ3n) is 6.61. The van der Waals surface area contributed by atoms with Gasteiger partial charge in [0.25, 0.3) is 5.91 Å². The number of morpholine rings is 1. The Bertz CT molecular complexity index is 1420. The third-order valence-corrected chi connectivity index (χ3v) is 6.90. The number of primary amides is 1. The number of aromatic nitrogens is 2. The fourth-order valence-electron chi connectivity index (χ4n) is 4.75. The number of halogens is 2. The molecule has 2 aromatic carbocycles. The number of rotatable bonds is 5. The van der Waals surface area contributed by atoms with Crippen LogP contribution in [0.2, 0.25) is 5.02 Å². The summed E-state index contributed by atoms with van der Waals surface area (Å²) in [5.41, 5.74) is 9.74. The molecular formula is C26H27ClFN7O3. The molecule has 198 valence electrons. The minimum absolute atomic E-state index is 0.0856. The van der Waals surface area contributed by atoms with Gasteiger partial charge in [-0.05, 0) is 36.4 Å². The third kappa shape index (κ3) is 5.07. The van der Waals surface area contributed by atoms with Gasteiger partial charge in [0, 0.05) is 55.4 Å². The van der Waals surface area contributed by atoms with Crippen LogP contribution in [-0.4, -0.2) is 72.7 Å². The Balaban J connectivity index is 1.38. The molecule has 1 saturated heterocycles. The molecule has 0 spiro atoms. The number of carbonyl (C=O) groups excluding carboxylic acids is 2. The van der Waals surface area contributed by atoms with Crippen LogP contribution in [-0.2, 0) is 17.8 Å². The Kier molecular flexibility index (Phi) is 7.30. The highest BCUT2D eigenvalue weighted by molar-refractivity contribution is 6.31. The molecule has 2 aliphatic heterocycles. The number of nitrogens with zero attached hydrogens (tertiary/aromatic N) is 5. The lowest BCUT2D eigenvalue weighted by atomic mass is 10.0. The quantitative estimate of drug-likeness (QED) is 0.482. The van der Waals surface area contributed by atoms with Crippen molar-refractivity contribution < 1.29 is 18.7 Å². The summed E-state index contributed by atoms with van der Waals surface area (Å²) in [4.78, 5) is 33.7. The average Bonchev–Trinajstić information content (AvgIpc) is 3.31. The van der Waals surface area contributed by atoms with Crippen molar-refractivity contribution in [3.8, 4) is 11.3 Å². The van der Waals surface area contributed by atoms with Crippen molar-refractivity contribution in [2.75, 3.05) is 50.1 Å². The van der Waals surface area contributed by atoms with Crippen LogP contribution in [0.5, 0.6) is 0 Å². The van der Waals surface area contributed by atoms with Gasteiger partial charge in [-0.2, -0.15) is 5.10 Å². The van der Waals surface area contributed by atoms with Crippen LogP contribution >= 0.6 is 11.6 Å². The Labute approximate surface area is 223 Å². The molecule has 12 heteroatoms. The van der Waals surface area contributed by atoms with Crippen molar-refractivity contribution in [2.24, 2.45) is 10.7 Å². The predicted octanol–water partition coefficient (Wildman–Crippen LogP) is 3.37. The molecule has 2 aliphatic rings. The summed E-state index contributed by atoms with van der Waals surface area (Å²) in [6.07, 6.45) is 1.79. The van der Waals surface area contributed by atoms with Gasteiger partial charge in [-0.15, -0.1) is 0 Å². The van der Waals surface area contributed by atoms with E-state index in [4.69, 9.17) is 22.1 Å². The van der Waals surface area contributed by atoms with Crippen molar-refractivity contribution in [3.63, 3.8) is 0 Å². The molecule has 0 radical (unpaired) electrons. The molecule has 0 atom stereocenters. The van der Waals surface area contributed by atoms with Crippen LogP contribution in [0.3, 0.4) is 0 Å². The zero-order chi connectivity index (χ0) is 26.8. The number of nitrogens with one attached hydrogen (secondary N) is 1. The summed E-state index contributed by atoms with van der Waals surface area (Å²) in [5.74, 6) is -1.26. The van der Waals surface area contributed by atoms with E-state index >= 15 is 0 Å². The van der Waals surface area contributed by atoms with Crippen molar-refractivity contribution in [3.05, 3.63) is 64.1 Å². The number of amides is 3. The van der Waals surface area contributed by atoms with Crippen molar-refractivity contribution >= 4 is 41.1 Å². The van der Waals surface area contributed by atoms with Crippen LogP contribution in [0.15, 0.2) is 41.4 Å². The lowest BCUT2D eigenvalue weighted by molar-refractivity contribution is 0.0997. The molecule has 0 saturated carbocycles. The van der Waals surface area contributed by atoms with Crippen molar-refractivity contribution in [2.45, 2.75) is 13.1 Å². The number of anilines is 2. The summed E-state index contributed by atoms with van der Waals surface area (Å²) in [6.45, 7) is 3.63. The van der Waals surface area contributed by atoms with E-state index in [0.29, 0.717) is 48.9 Å². The molecule has 0 bridgehead atoms. The van der Waals surface area contributed by atoms with Gasteiger partial charge in [-0.25, -0.2) is 9.18 Å². The topological polar surface area (TPSA) is 118 Å². The van der Waals surface area contributed by atoms with E-state index in [2.05, 4.69) is 20.3 Å². The second kappa shape index (κ2) is 10.8. The van der Waals surface area contributed by atoms with Gasteiger partial charge in [0.05, 0.1) is 42.6 Å². The summed E-state index contributed by atoms with van der Waals surface area (Å²) in [7, 11) is 1.72. The highest BCUT2D eigenvalue weighted by atomic mass is 35.5. The molecule has 0 aliphatic carbocycles. The number of aliphatic imine (C=N–C) groups is 1. The summed E-state index contributed by atoms with van der Waals surface area (Å²) < 4.78 is 20.8. The van der Waals surface area contributed by atoms with Crippen LogP contribution in [0.1, 0.15) is 21.6 Å². The number of urea groups is 1. The highest BCUT2D eigenvalue weighted by Gasteiger charge is 2.30. The zero-order valence-electron chi connectivity index (χ0n) is 20.8. The molecule has 3 amide bonds. The first-order chi connectivity index (χ1) is 18.4. The van der Waals surface area contributed by atoms with E-state index in [9.17, 15) is 14.0 Å². The second-order valence-electron chi connectivity index (χ2n) is 9.00. The number of fused-ring (bicyclic) bond motifs is 1. The SMILES string of the molecule is C/N=C\c1ccc(NC(=O)N2CCn3nc(-c4ccc(F)c(Cl)c4)c(C(N)=O)c3C2)cc1N1CCOCC1. The van der Waals surface area contributed by atoms with Crippen LogP contribution in [0.4, 0.5) is 20.6 Å². The lowest BCUT2D eigenvalue weighted by Gasteiger charge is -2.31. The van der Waals surface area contributed by atoms with Crippen molar-refractivity contribution in [1.29, 1.82) is 0 Å². The molecule has 10 nitrogen and oxygen atoms in total. The Morgan fingerprint density at radius 1 is 1.16 bits per heavy atom. The standard InChI is InChI=1S/C26H27ClFN7O3/c1-30-14-17-2-4-18(13-21(17)33-8-10-38-11-9-33)31-26(37)34-6-7-35-22(15-34)23(25(29)36)24(32-35)16-3-5-20(28)19(27)12-16/h2-5,12-14H,6-11,15H2,1H3,(H2,29,36)(H,31,37)/b30-14-. The number of ether oxygens (including phenoxy) is 1. The Morgan fingerprint density at radius 2 is 1.95 bits per heavy atom. The lowest BCUT2D eigenvalue weighted by Crippen LogP contribution is -2.41. The summed E-state index contributed by atoms with van der Waals surface area (Å²) >= 11 is 5.95. The average molecular weight is 540 g/mol. The monoisotopic (exact) mass is 539 g/mol. The second-order valence-corrected chi connectivity index (χ2v) is 9.41. The fourth-order valence-corrected chi connectivity index (χ4v) is 4.93. The molecule has 3 aromatic rings. The van der Waals surface area contributed by atoms with E-state index in [-0.39, 0.29) is 23.2 Å². The van der Waals surface area contributed by atoms with Crippen LogP contribution in [0.25, 0.3) is 11.3 Å². The molecular weight excluding hydrogens is 513 g/mol. The van der Waals surface area contributed by atoms with E-state index in [1.165, 1.54) is 18.2 Å². The fraction of sp³-hybridized carbons (Fsp3) is 0.308. The van der Waals surface area contributed by atoms with Crippen molar-refractivity contribution in [1.82, 2.24) is 14.7 Å². The minimum atomic E-state index is -0.688. The van der Waals surface area contributed by atoms with E-state index < -0.39 is 11.7 Å². The number of hydrogen-bond acceptors (Lipinski definition) is 6. The van der Waals surface area contributed by atoms with Gasteiger partial charge in [0.1, 0.15) is 11.5 Å². The number of benzene rings is 2. The van der Waals surface area contributed by atoms with Crippen LogP contribution in [0, 0.1) is 5.82 Å². The minimum Gasteiger partial charge on any atom is -0.378 e. The molecule has 1 fully saturated rings. The molecule has 3 N–H and O–H groups in total. The zero-order valence-corrected chi connectivity index (χ0v) is 21.5. The van der Waals surface area contributed by atoms with E-state index in [1.807, 2.05) is 18.2 Å². The maximum atomic E-state index is 13.7. The molecule has 3 heterocycles. The predicted molar refractivity (Wildman–Crippen MR) is 144 cm³/mol. The summed E-state index contributed by atoms with van der Waals surface area (Å²) in [5, 5.41) is 7.42. The van der Waals surface area contributed by atoms with Gasteiger partial charge in [0.2, 0.25) is 0 Å². The van der Waals surface area contributed by atoms with Gasteiger partial charge in [-0.1, -0.05) is 11.6 Å². The molecule has 1 aromatic heterocycles. The largest absolute Gasteiger partial charge is 0.378 e. The first-order valence-electron chi connectivity index (χ1n) is 12.2. The number of hydrogen-bond donors (Lipinski definition) is 2. The maximum Gasteiger partial charge on any atom is 0.322 e. The van der Waals surface area contributed by atoms with Gasteiger partial charge < -0.3 is 25.6 Å². The van der Waals surface area contributed by atoms with E-state index in [0.717, 1.165) is 24.3 Å². The Hall–Kier alpha value is -3.96. The highest BCUT2D eigenvalue weighted by Crippen LogP contribution is 2.31. The van der Waals surface area contributed by atoms with Gasteiger partial charge >= 0.3 is 6.03 Å². The maximum absolute atomic E-state index is 13.7. The van der Waals surface area contributed by atoms with Gasteiger partial charge in [0.15, 0.2) is 0 Å². The first-order valence-corrected chi connectivity index (χ1v) is 12.5. The number of carbonyl (C=O) groups is 2.